The highest BCUT2D eigenvalue weighted by Gasteiger charge is 2.40. The van der Waals surface area contributed by atoms with Gasteiger partial charge in [0.25, 0.3) is 0 Å². The normalized spacial score (nSPS) is 30.7. The molecule has 2 aliphatic rings. The van der Waals surface area contributed by atoms with E-state index in [1.807, 2.05) is 0 Å². The summed E-state index contributed by atoms with van der Waals surface area (Å²) in [5, 5.41) is 21.2. The third-order valence-corrected chi connectivity index (χ3v) is 4.81. The molecule has 2 aliphatic carbocycles. The lowest BCUT2D eigenvalue weighted by Gasteiger charge is -2.26. The van der Waals surface area contributed by atoms with Crippen molar-refractivity contribution in [3.8, 4) is 0 Å². The fraction of sp³-hybridized carbons (Fsp3) is 0.929. The lowest BCUT2D eigenvalue weighted by atomic mass is 9.86. The summed E-state index contributed by atoms with van der Waals surface area (Å²) in [7, 11) is 0. The van der Waals surface area contributed by atoms with E-state index in [2.05, 4.69) is 5.32 Å². The Bertz CT molecular complexity index is 301. The molecule has 2 saturated carbocycles. The molecular formula is C14H25NO3. The standard InChI is InChI=1S/C14H25NO3/c1-14(8-16,9-17)7-15-13(18)6-12-5-10-2-3-11(12)4-10/h10-12,16-17H,2-9H2,1H3,(H,15,18). The lowest BCUT2D eigenvalue weighted by molar-refractivity contribution is -0.123. The first kappa shape index (κ1) is 13.8. The molecule has 4 nitrogen and oxygen atoms in total. The van der Waals surface area contributed by atoms with Crippen molar-refractivity contribution in [3.63, 3.8) is 0 Å². The summed E-state index contributed by atoms with van der Waals surface area (Å²) >= 11 is 0. The first-order valence-corrected chi connectivity index (χ1v) is 7.05. The van der Waals surface area contributed by atoms with Crippen molar-refractivity contribution in [2.24, 2.45) is 23.2 Å². The van der Waals surface area contributed by atoms with Gasteiger partial charge in [0.1, 0.15) is 0 Å². The summed E-state index contributed by atoms with van der Waals surface area (Å²) in [4.78, 5) is 11.9. The number of nitrogens with one attached hydrogen (secondary N) is 1. The maximum absolute atomic E-state index is 11.9. The van der Waals surface area contributed by atoms with Crippen LogP contribution in [0.25, 0.3) is 0 Å². The Balaban J connectivity index is 1.72. The van der Waals surface area contributed by atoms with E-state index in [1.165, 1.54) is 25.7 Å². The largest absolute Gasteiger partial charge is 0.396 e. The van der Waals surface area contributed by atoms with Gasteiger partial charge in [-0.1, -0.05) is 13.3 Å². The minimum Gasteiger partial charge on any atom is -0.396 e. The summed E-state index contributed by atoms with van der Waals surface area (Å²) in [6.07, 6.45) is 5.82. The van der Waals surface area contributed by atoms with Crippen molar-refractivity contribution in [3.05, 3.63) is 0 Å². The second-order valence-electron chi connectivity index (χ2n) is 6.54. The van der Waals surface area contributed by atoms with Crippen LogP contribution in [0.15, 0.2) is 0 Å². The Labute approximate surface area is 109 Å². The van der Waals surface area contributed by atoms with E-state index < -0.39 is 5.41 Å². The van der Waals surface area contributed by atoms with Gasteiger partial charge in [-0.05, 0) is 37.0 Å². The maximum Gasteiger partial charge on any atom is 0.220 e. The van der Waals surface area contributed by atoms with Gasteiger partial charge in [0.05, 0.1) is 13.2 Å². The monoisotopic (exact) mass is 255 g/mol. The van der Waals surface area contributed by atoms with Gasteiger partial charge in [-0.2, -0.15) is 0 Å². The molecule has 104 valence electrons. The highest BCUT2D eigenvalue weighted by molar-refractivity contribution is 5.76. The molecule has 3 atom stereocenters. The number of carbonyl (C=O) groups excluding carboxylic acids is 1. The number of amides is 1. The van der Waals surface area contributed by atoms with Gasteiger partial charge in [0.15, 0.2) is 0 Å². The van der Waals surface area contributed by atoms with Crippen LogP contribution in [0.2, 0.25) is 0 Å². The fourth-order valence-corrected chi connectivity index (χ4v) is 3.41. The Kier molecular flexibility index (Phi) is 4.28. The van der Waals surface area contributed by atoms with Crippen molar-refractivity contribution in [2.45, 2.75) is 39.0 Å². The molecule has 0 spiro atoms. The van der Waals surface area contributed by atoms with Gasteiger partial charge in [-0.15, -0.1) is 0 Å². The molecule has 18 heavy (non-hydrogen) atoms. The molecule has 0 radical (unpaired) electrons. The van der Waals surface area contributed by atoms with Crippen molar-refractivity contribution >= 4 is 5.91 Å². The van der Waals surface area contributed by atoms with E-state index in [9.17, 15) is 4.79 Å². The van der Waals surface area contributed by atoms with Crippen molar-refractivity contribution in [1.82, 2.24) is 5.32 Å². The fourth-order valence-electron chi connectivity index (χ4n) is 3.41. The average Bonchev–Trinajstić information content (AvgIpc) is 2.98. The number of hydrogen-bond acceptors (Lipinski definition) is 3. The molecule has 2 bridgehead atoms. The van der Waals surface area contributed by atoms with Gasteiger partial charge in [0, 0.05) is 18.4 Å². The van der Waals surface area contributed by atoms with Crippen LogP contribution in [0.5, 0.6) is 0 Å². The molecule has 3 unspecified atom stereocenters. The maximum atomic E-state index is 11.9. The van der Waals surface area contributed by atoms with Crippen molar-refractivity contribution in [2.75, 3.05) is 19.8 Å². The van der Waals surface area contributed by atoms with Crippen LogP contribution in [-0.2, 0) is 4.79 Å². The van der Waals surface area contributed by atoms with Crippen LogP contribution >= 0.6 is 0 Å². The second-order valence-corrected chi connectivity index (χ2v) is 6.54. The zero-order chi connectivity index (χ0) is 13.2. The van der Waals surface area contributed by atoms with E-state index in [4.69, 9.17) is 10.2 Å². The zero-order valence-electron chi connectivity index (χ0n) is 11.2. The minimum atomic E-state index is -0.607. The van der Waals surface area contributed by atoms with Gasteiger partial charge in [0.2, 0.25) is 5.91 Å². The summed E-state index contributed by atoms with van der Waals surface area (Å²) in [6.45, 7) is 1.89. The first-order chi connectivity index (χ1) is 8.56. The van der Waals surface area contributed by atoms with Crippen LogP contribution in [0.1, 0.15) is 39.0 Å². The average molecular weight is 255 g/mol. The van der Waals surface area contributed by atoms with Crippen LogP contribution in [-0.4, -0.2) is 35.9 Å². The molecule has 0 aromatic heterocycles. The number of carbonyl (C=O) groups is 1. The molecule has 0 heterocycles. The molecule has 0 saturated heterocycles. The van der Waals surface area contributed by atoms with Crippen LogP contribution in [0.3, 0.4) is 0 Å². The smallest absolute Gasteiger partial charge is 0.220 e. The van der Waals surface area contributed by atoms with E-state index in [-0.39, 0.29) is 19.1 Å². The van der Waals surface area contributed by atoms with Crippen LogP contribution in [0.4, 0.5) is 0 Å². The summed E-state index contributed by atoms with van der Waals surface area (Å²) in [6, 6.07) is 0. The molecule has 0 aromatic carbocycles. The number of fused-ring (bicyclic) bond motifs is 2. The van der Waals surface area contributed by atoms with Crippen molar-refractivity contribution < 1.29 is 15.0 Å². The second kappa shape index (κ2) is 5.57. The Hall–Kier alpha value is -0.610. The molecular weight excluding hydrogens is 230 g/mol. The number of rotatable bonds is 6. The van der Waals surface area contributed by atoms with Crippen molar-refractivity contribution in [1.29, 1.82) is 0 Å². The number of aliphatic hydroxyl groups is 2. The van der Waals surface area contributed by atoms with Crippen LogP contribution in [0, 0.1) is 23.2 Å². The van der Waals surface area contributed by atoms with Gasteiger partial charge in [-0.3, -0.25) is 4.79 Å². The molecule has 0 aliphatic heterocycles. The Morgan fingerprint density at radius 1 is 1.28 bits per heavy atom. The summed E-state index contributed by atoms with van der Waals surface area (Å²) in [5.74, 6) is 2.27. The quantitative estimate of drug-likeness (QED) is 0.661. The summed E-state index contributed by atoms with van der Waals surface area (Å²) < 4.78 is 0. The molecule has 4 heteroatoms. The number of aliphatic hydroxyl groups excluding tert-OH is 2. The van der Waals surface area contributed by atoms with E-state index >= 15 is 0 Å². The van der Waals surface area contributed by atoms with Crippen LogP contribution < -0.4 is 5.32 Å². The topological polar surface area (TPSA) is 69.6 Å². The molecule has 3 N–H and O–H groups in total. The first-order valence-electron chi connectivity index (χ1n) is 7.05. The predicted octanol–water partition coefficient (Wildman–Crippen LogP) is 0.920. The van der Waals surface area contributed by atoms with E-state index in [1.54, 1.807) is 6.92 Å². The molecule has 2 fully saturated rings. The minimum absolute atomic E-state index is 0.0701. The number of hydrogen-bond donors (Lipinski definition) is 3. The SMILES string of the molecule is CC(CO)(CO)CNC(=O)CC1CC2CCC1C2. The Morgan fingerprint density at radius 3 is 2.50 bits per heavy atom. The third kappa shape index (κ3) is 3.04. The van der Waals surface area contributed by atoms with E-state index in [0.717, 1.165) is 11.8 Å². The molecule has 2 rings (SSSR count). The predicted molar refractivity (Wildman–Crippen MR) is 68.8 cm³/mol. The molecule has 0 aromatic rings. The summed E-state index contributed by atoms with van der Waals surface area (Å²) in [5.41, 5.74) is -0.607. The van der Waals surface area contributed by atoms with Gasteiger partial charge < -0.3 is 15.5 Å². The van der Waals surface area contributed by atoms with Gasteiger partial charge in [-0.25, -0.2) is 0 Å². The highest BCUT2D eigenvalue weighted by atomic mass is 16.3. The molecule has 1 amide bonds. The zero-order valence-corrected chi connectivity index (χ0v) is 11.2. The Morgan fingerprint density at radius 2 is 2.00 bits per heavy atom. The highest BCUT2D eigenvalue weighted by Crippen LogP contribution is 2.49. The third-order valence-electron chi connectivity index (χ3n) is 4.81. The lowest BCUT2D eigenvalue weighted by Crippen LogP contribution is -2.41. The van der Waals surface area contributed by atoms with E-state index in [0.29, 0.717) is 18.9 Å². The van der Waals surface area contributed by atoms with Gasteiger partial charge >= 0.3 is 0 Å².